The molecule has 0 amide bonds. The highest BCUT2D eigenvalue weighted by atomic mass is 16.3. The summed E-state index contributed by atoms with van der Waals surface area (Å²) in [5, 5.41) is 9.68. The van der Waals surface area contributed by atoms with E-state index in [2.05, 4.69) is 4.98 Å². The van der Waals surface area contributed by atoms with Gasteiger partial charge in [0.05, 0.1) is 17.5 Å². The van der Waals surface area contributed by atoms with Crippen molar-refractivity contribution in [3.05, 3.63) is 46.5 Å². The lowest BCUT2D eigenvalue weighted by atomic mass is 10.2. The van der Waals surface area contributed by atoms with Gasteiger partial charge in [-0.1, -0.05) is 12.1 Å². The van der Waals surface area contributed by atoms with Gasteiger partial charge >= 0.3 is 0 Å². The minimum atomic E-state index is -0.0737. The minimum absolute atomic E-state index is 0.0217. The van der Waals surface area contributed by atoms with Crippen LogP contribution in [0.4, 0.5) is 0 Å². The molecule has 2 aromatic heterocycles. The van der Waals surface area contributed by atoms with E-state index < -0.39 is 0 Å². The lowest BCUT2D eigenvalue weighted by Crippen LogP contribution is -2.15. The second-order valence-electron chi connectivity index (χ2n) is 4.25. The normalized spacial score (nSPS) is 11.4. The van der Waals surface area contributed by atoms with E-state index in [-0.39, 0.29) is 12.2 Å². The Bertz CT molecular complexity index is 786. The number of para-hydroxylation sites is 1. The molecule has 2 heterocycles. The fraction of sp³-hybridized carbons (Fsp3) is 0.231. The highest BCUT2D eigenvalue weighted by Crippen LogP contribution is 2.11. The van der Waals surface area contributed by atoms with Crippen LogP contribution >= 0.6 is 0 Å². The van der Waals surface area contributed by atoms with Crippen molar-refractivity contribution in [3.8, 4) is 0 Å². The van der Waals surface area contributed by atoms with Crippen LogP contribution in [0.5, 0.6) is 0 Å². The molecule has 0 unspecified atom stereocenters. The highest BCUT2D eigenvalue weighted by Gasteiger charge is 2.11. The van der Waals surface area contributed by atoms with Gasteiger partial charge in [0.25, 0.3) is 5.56 Å². The minimum Gasteiger partial charge on any atom is -0.395 e. The monoisotopic (exact) mass is 243 g/mol. The van der Waals surface area contributed by atoms with Crippen molar-refractivity contribution in [2.45, 2.75) is 13.5 Å². The van der Waals surface area contributed by atoms with E-state index >= 15 is 0 Å². The standard InChI is InChI=1S/C13H13N3O2/c1-9-8-16-12(18)10-4-2-3-5-11(10)14-13(16)15(9)6-7-17/h2-5,8,17H,6-7H2,1H3. The van der Waals surface area contributed by atoms with Crippen molar-refractivity contribution in [2.24, 2.45) is 0 Å². The predicted molar refractivity (Wildman–Crippen MR) is 68.8 cm³/mol. The smallest absolute Gasteiger partial charge is 0.266 e. The van der Waals surface area contributed by atoms with Crippen LogP contribution in [-0.4, -0.2) is 25.7 Å². The average molecular weight is 243 g/mol. The molecule has 1 aromatic carbocycles. The first-order valence-electron chi connectivity index (χ1n) is 5.80. The lowest BCUT2D eigenvalue weighted by molar-refractivity contribution is 0.276. The van der Waals surface area contributed by atoms with Crippen molar-refractivity contribution in [1.82, 2.24) is 14.0 Å². The van der Waals surface area contributed by atoms with Crippen molar-refractivity contribution in [1.29, 1.82) is 0 Å². The first-order valence-corrected chi connectivity index (χ1v) is 5.80. The number of imidazole rings is 1. The molecular weight excluding hydrogens is 230 g/mol. The summed E-state index contributed by atoms with van der Waals surface area (Å²) in [6.45, 7) is 2.36. The molecule has 0 aliphatic carbocycles. The number of nitrogens with zero attached hydrogens (tertiary/aromatic N) is 3. The molecule has 5 heteroatoms. The molecular formula is C13H13N3O2. The maximum Gasteiger partial charge on any atom is 0.266 e. The molecule has 1 N–H and O–H groups in total. The molecule has 3 rings (SSSR count). The van der Waals surface area contributed by atoms with E-state index in [1.165, 1.54) is 4.40 Å². The number of aromatic nitrogens is 3. The molecule has 18 heavy (non-hydrogen) atoms. The fourth-order valence-electron chi connectivity index (χ4n) is 2.23. The summed E-state index contributed by atoms with van der Waals surface area (Å²) in [6.07, 6.45) is 1.76. The summed E-state index contributed by atoms with van der Waals surface area (Å²) in [6, 6.07) is 7.28. The van der Waals surface area contributed by atoms with Crippen LogP contribution in [0, 0.1) is 6.92 Å². The summed E-state index contributed by atoms with van der Waals surface area (Å²) in [4.78, 5) is 16.8. The first kappa shape index (κ1) is 11.0. The van der Waals surface area contributed by atoms with Crippen LogP contribution < -0.4 is 5.56 Å². The molecule has 0 aliphatic rings. The quantitative estimate of drug-likeness (QED) is 0.729. The Morgan fingerprint density at radius 3 is 2.89 bits per heavy atom. The number of hydrogen-bond donors (Lipinski definition) is 1. The van der Waals surface area contributed by atoms with Gasteiger partial charge in [0.2, 0.25) is 5.78 Å². The SMILES string of the molecule is Cc1cn2c(=O)c3ccccc3nc2n1CCO. The van der Waals surface area contributed by atoms with E-state index in [9.17, 15) is 4.79 Å². The Labute approximate surface area is 103 Å². The number of fused-ring (bicyclic) bond motifs is 2. The van der Waals surface area contributed by atoms with Gasteiger partial charge in [-0.3, -0.25) is 9.20 Å². The largest absolute Gasteiger partial charge is 0.395 e. The Kier molecular flexibility index (Phi) is 2.41. The van der Waals surface area contributed by atoms with Gasteiger partial charge in [0, 0.05) is 18.4 Å². The Morgan fingerprint density at radius 2 is 2.11 bits per heavy atom. The van der Waals surface area contributed by atoms with Crippen molar-refractivity contribution in [2.75, 3.05) is 6.61 Å². The molecule has 92 valence electrons. The second-order valence-corrected chi connectivity index (χ2v) is 4.25. The molecule has 5 nitrogen and oxygen atoms in total. The van der Waals surface area contributed by atoms with E-state index in [4.69, 9.17) is 5.11 Å². The number of aliphatic hydroxyl groups excluding tert-OH is 1. The summed E-state index contributed by atoms with van der Waals surface area (Å²) < 4.78 is 3.38. The Balaban J connectivity index is 2.48. The zero-order chi connectivity index (χ0) is 12.7. The van der Waals surface area contributed by atoms with E-state index in [0.29, 0.717) is 23.2 Å². The van der Waals surface area contributed by atoms with Gasteiger partial charge in [-0.15, -0.1) is 0 Å². The molecule has 0 atom stereocenters. The van der Waals surface area contributed by atoms with E-state index in [1.54, 1.807) is 12.3 Å². The van der Waals surface area contributed by atoms with Gasteiger partial charge in [-0.25, -0.2) is 4.98 Å². The van der Waals surface area contributed by atoms with Gasteiger partial charge in [0.15, 0.2) is 0 Å². The average Bonchev–Trinajstić information content (AvgIpc) is 2.68. The second kappa shape index (κ2) is 3.96. The molecule has 0 bridgehead atoms. The first-order chi connectivity index (χ1) is 8.72. The van der Waals surface area contributed by atoms with Crippen molar-refractivity contribution < 1.29 is 5.11 Å². The zero-order valence-corrected chi connectivity index (χ0v) is 10.00. The number of aryl methyl sites for hydroxylation is 1. The van der Waals surface area contributed by atoms with Crippen LogP contribution in [0.2, 0.25) is 0 Å². The molecule has 0 radical (unpaired) electrons. The van der Waals surface area contributed by atoms with Crippen molar-refractivity contribution in [3.63, 3.8) is 0 Å². The third kappa shape index (κ3) is 1.44. The zero-order valence-electron chi connectivity index (χ0n) is 10.00. The molecule has 3 aromatic rings. The maximum atomic E-state index is 12.3. The number of hydrogen-bond acceptors (Lipinski definition) is 3. The van der Waals surface area contributed by atoms with Crippen LogP contribution in [0.25, 0.3) is 16.7 Å². The van der Waals surface area contributed by atoms with Gasteiger partial charge in [-0.2, -0.15) is 0 Å². The van der Waals surface area contributed by atoms with Gasteiger partial charge in [0.1, 0.15) is 0 Å². The van der Waals surface area contributed by atoms with Gasteiger partial charge < -0.3 is 9.67 Å². The summed E-state index contributed by atoms with van der Waals surface area (Å²) in [5.74, 6) is 0.574. The topological polar surface area (TPSA) is 59.5 Å². The molecule has 0 aliphatic heterocycles. The van der Waals surface area contributed by atoms with Crippen LogP contribution in [-0.2, 0) is 6.54 Å². The van der Waals surface area contributed by atoms with Gasteiger partial charge in [-0.05, 0) is 19.1 Å². The number of rotatable bonds is 2. The Morgan fingerprint density at radius 1 is 1.33 bits per heavy atom. The predicted octanol–water partition coefficient (Wildman–Crippen LogP) is 0.950. The van der Waals surface area contributed by atoms with E-state index in [0.717, 1.165) is 5.69 Å². The molecule has 0 fully saturated rings. The molecule has 0 saturated heterocycles. The summed E-state index contributed by atoms with van der Waals surface area (Å²) >= 11 is 0. The molecule has 0 spiro atoms. The van der Waals surface area contributed by atoms with E-state index in [1.807, 2.05) is 29.7 Å². The third-order valence-corrected chi connectivity index (χ3v) is 3.10. The number of aliphatic hydroxyl groups is 1. The maximum absolute atomic E-state index is 12.3. The molecule has 0 saturated carbocycles. The third-order valence-electron chi connectivity index (χ3n) is 3.10. The van der Waals surface area contributed by atoms with Crippen LogP contribution in [0.15, 0.2) is 35.3 Å². The van der Waals surface area contributed by atoms with Crippen LogP contribution in [0.3, 0.4) is 0 Å². The summed E-state index contributed by atoms with van der Waals surface area (Å²) in [5.41, 5.74) is 1.51. The van der Waals surface area contributed by atoms with Crippen molar-refractivity contribution >= 4 is 16.7 Å². The highest BCUT2D eigenvalue weighted by molar-refractivity contribution is 5.79. The fourth-order valence-corrected chi connectivity index (χ4v) is 2.23. The van der Waals surface area contributed by atoms with Crippen LogP contribution in [0.1, 0.15) is 5.69 Å². The summed E-state index contributed by atoms with van der Waals surface area (Å²) in [7, 11) is 0. The lowest BCUT2D eigenvalue weighted by Gasteiger charge is -2.04. The Hall–Kier alpha value is -2.14. The number of benzene rings is 1.